The number of hydrazone groups is 1. The van der Waals surface area contributed by atoms with Gasteiger partial charge in [0.2, 0.25) is 6.23 Å². The summed E-state index contributed by atoms with van der Waals surface area (Å²) in [7, 11) is 1.68. The zero-order valence-corrected chi connectivity index (χ0v) is 21.8. The smallest absolute Gasteiger partial charge is 0.213 e. The first kappa shape index (κ1) is 22.3. The lowest BCUT2D eigenvalue weighted by atomic mass is 9.96. The fourth-order valence-electron chi connectivity index (χ4n) is 4.28. The van der Waals surface area contributed by atoms with Gasteiger partial charge in [-0.15, -0.1) is 0 Å². The molecule has 5 nitrogen and oxygen atoms in total. The largest absolute Gasteiger partial charge is 0.497 e. The molecule has 0 saturated heterocycles. The number of hydrogen-bond acceptors (Lipinski definition) is 5. The summed E-state index contributed by atoms with van der Waals surface area (Å²) in [5.74, 6) is 2.53. The van der Waals surface area contributed by atoms with Crippen LogP contribution >= 0.6 is 31.9 Å². The number of methoxy groups -OCH3 is 1. The standard InChI is InChI=1S/C26H24Br2N2O3/c1-15(2)32-20-10-6-17(7-11-20)26-30-24(21-12-18(27)13-22(28)25(21)33-26)14-23(29-30)16-4-8-19(31-3)9-5-16/h4-13,15,24,26H,14H2,1-3H3. The van der Waals surface area contributed by atoms with Crippen LogP contribution in [0.1, 0.15) is 49.2 Å². The van der Waals surface area contributed by atoms with E-state index in [1.165, 1.54) is 0 Å². The maximum atomic E-state index is 6.55. The van der Waals surface area contributed by atoms with Crippen molar-refractivity contribution in [3.63, 3.8) is 0 Å². The van der Waals surface area contributed by atoms with E-state index in [9.17, 15) is 0 Å². The van der Waals surface area contributed by atoms with Crippen LogP contribution in [0.3, 0.4) is 0 Å². The Balaban J connectivity index is 1.54. The van der Waals surface area contributed by atoms with Gasteiger partial charge in [0.1, 0.15) is 17.2 Å². The van der Waals surface area contributed by atoms with Crippen molar-refractivity contribution in [3.05, 3.63) is 86.3 Å². The molecule has 33 heavy (non-hydrogen) atoms. The van der Waals surface area contributed by atoms with E-state index in [1.807, 2.05) is 44.2 Å². The Morgan fingerprint density at radius 2 is 1.70 bits per heavy atom. The molecule has 0 saturated carbocycles. The van der Waals surface area contributed by atoms with Crippen molar-refractivity contribution in [3.8, 4) is 17.2 Å². The van der Waals surface area contributed by atoms with E-state index in [-0.39, 0.29) is 18.4 Å². The van der Waals surface area contributed by atoms with E-state index >= 15 is 0 Å². The fraction of sp³-hybridized carbons (Fsp3) is 0.269. The van der Waals surface area contributed by atoms with Gasteiger partial charge in [0, 0.05) is 22.0 Å². The van der Waals surface area contributed by atoms with Crippen molar-refractivity contribution < 1.29 is 14.2 Å². The van der Waals surface area contributed by atoms with E-state index in [0.29, 0.717) is 0 Å². The molecule has 7 heteroatoms. The second-order valence-corrected chi connectivity index (χ2v) is 10.2. The Hall–Kier alpha value is -2.51. The second-order valence-electron chi connectivity index (χ2n) is 8.39. The third kappa shape index (κ3) is 4.36. The first-order chi connectivity index (χ1) is 15.9. The van der Waals surface area contributed by atoms with Gasteiger partial charge in [0.15, 0.2) is 0 Å². The molecule has 0 spiro atoms. The van der Waals surface area contributed by atoms with Crippen LogP contribution < -0.4 is 14.2 Å². The molecule has 2 heterocycles. The van der Waals surface area contributed by atoms with E-state index < -0.39 is 0 Å². The molecule has 0 bridgehead atoms. The number of ether oxygens (including phenoxy) is 3. The van der Waals surface area contributed by atoms with Crippen LogP contribution in [0.15, 0.2) is 74.7 Å². The summed E-state index contributed by atoms with van der Waals surface area (Å²) in [6, 6.07) is 20.4. The molecule has 0 radical (unpaired) electrons. The van der Waals surface area contributed by atoms with E-state index in [0.717, 1.165) is 55.0 Å². The molecule has 2 atom stereocenters. The lowest BCUT2D eigenvalue weighted by Crippen LogP contribution is -2.33. The van der Waals surface area contributed by atoms with Gasteiger partial charge < -0.3 is 14.2 Å². The van der Waals surface area contributed by atoms with Crippen molar-refractivity contribution >= 4 is 37.6 Å². The third-order valence-electron chi connectivity index (χ3n) is 5.77. The Labute approximate surface area is 210 Å². The third-order valence-corrected chi connectivity index (χ3v) is 6.82. The normalized spacial score (nSPS) is 19.0. The highest BCUT2D eigenvalue weighted by atomic mass is 79.9. The number of benzene rings is 3. The Morgan fingerprint density at radius 1 is 1.00 bits per heavy atom. The zero-order chi connectivity index (χ0) is 23.1. The maximum Gasteiger partial charge on any atom is 0.213 e. The van der Waals surface area contributed by atoms with Crippen LogP contribution in [0, 0.1) is 0 Å². The van der Waals surface area contributed by atoms with Crippen LogP contribution in [0.2, 0.25) is 0 Å². The molecule has 0 N–H and O–H groups in total. The van der Waals surface area contributed by atoms with Crippen molar-refractivity contribution in [1.29, 1.82) is 0 Å². The van der Waals surface area contributed by atoms with Gasteiger partial charge >= 0.3 is 0 Å². The minimum absolute atomic E-state index is 0.0660. The molecule has 0 aromatic heterocycles. The number of fused-ring (bicyclic) bond motifs is 3. The van der Waals surface area contributed by atoms with Crippen molar-refractivity contribution in [1.82, 2.24) is 5.01 Å². The summed E-state index contributed by atoms with van der Waals surface area (Å²) in [6.45, 7) is 4.05. The summed E-state index contributed by atoms with van der Waals surface area (Å²) in [5.41, 5.74) is 4.25. The van der Waals surface area contributed by atoms with Gasteiger partial charge in [0.05, 0.1) is 29.4 Å². The molecule has 0 amide bonds. The number of hydrogen-bond donors (Lipinski definition) is 0. The summed E-state index contributed by atoms with van der Waals surface area (Å²) >= 11 is 7.33. The van der Waals surface area contributed by atoms with Crippen LogP contribution in [0.4, 0.5) is 0 Å². The number of halogens is 2. The Kier molecular flexibility index (Phi) is 6.10. The van der Waals surface area contributed by atoms with E-state index in [2.05, 4.69) is 67.2 Å². The highest BCUT2D eigenvalue weighted by Gasteiger charge is 2.42. The minimum Gasteiger partial charge on any atom is -0.497 e. The number of rotatable bonds is 5. The molecule has 3 aromatic rings. The molecule has 2 unspecified atom stereocenters. The average Bonchev–Trinajstić information content (AvgIpc) is 3.25. The molecule has 2 aliphatic heterocycles. The van der Waals surface area contributed by atoms with E-state index in [4.69, 9.17) is 19.3 Å². The predicted molar refractivity (Wildman–Crippen MR) is 136 cm³/mol. The average molecular weight is 572 g/mol. The predicted octanol–water partition coefficient (Wildman–Crippen LogP) is 7.25. The van der Waals surface area contributed by atoms with Crippen LogP contribution in [0.25, 0.3) is 0 Å². The molecule has 5 rings (SSSR count). The molecule has 170 valence electrons. The molecular weight excluding hydrogens is 548 g/mol. The molecule has 3 aromatic carbocycles. The van der Waals surface area contributed by atoms with Crippen molar-refractivity contribution in [2.45, 2.75) is 38.6 Å². The maximum absolute atomic E-state index is 6.55. The van der Waals surface area contributed by atoms with Crippen LogP contribution in [0.5, 0.6) is 17.2 Å². The Morgan fingerprint density at radius 3 is 2.36 bits per heavy atom. The zero-order valence-electron chi connectivity index (χ0n) is 18.6. The van der Waals surface area contributed by atoms with Crippen molar-refractivity contribution in [2.24, 2.45) is 5.10 Å². The lowest BCUT2D eigenvalue weighted by molar-refractivity contribution is -0.0197. The second kappa shape index (κ2) is 9.03. The quantitative estimate of drug-likeness (QED) is 0.323. The molecule has 2 aliphatic rings. The van der Waals surface area contributed by atoms with Gasteiger partial charge in [-0.05, 0) is 96.0 Å². The van der Waals surface area contributed by atoms with Crippen LogP contribution in [-0.4, -0.2) is 23.9 Å². The lowest BCUT2D eigenvalue weighted by Gasteiger charge is -2.38. The number of nitrogens with zero attached hydrogens (tertiary/aromatic N) is 2. The summed E-state index contributed by atoms with van der Waals surface area (Å²) < 4.78 is 19.6. The summed E-state index contributed by atoms with van der Waals surface area (Å²) in [5, 5.41) is 7.13. The monoisotopic (exact) mass is 570 g/mol. The van der Waals surface area contributed by atoms with Gasteiger partial charge in [-0.2, -0.15) is 5.10 Å². The summed E-state index contributed by atoms with van der Waals surface area (Å²) in [6.07, 6.45) is 0.572. The van der Waals surface area contributed by atoms with Gasteiger partial charge in [0.25, 0.3) is 0 Å². The molecule has 0 aliphatic carbocycles. The molecule has 0 fully saturated rings. The first-order valence-corrected chi connectivity index (χ1v) is 12.4. The van der Waals surface area contributed by atoms with Gasteiger partial charge in [-0.3, -0.25) is 0 Å². The van der Waals surface area contributed by atoms with Crippen LogP contribution in [-0.2, 0) is 0 Å². The fourth-order valence-corrected chi connectivity index (χ4v) is 5.63. The highest BCUT2D eigenvalue weighted by molar-refractivity contribution is 9.11. The minimum atomic E-state index is -0.344. The topological polar surface area (TPSA) is 43.3 Å². The van der Waals surface area contributed by atoms with Gasteiger partial charge in [-0.25, -0.2) is 5.01 Å². The van der Waals surface area contributed by atoms with E-state index in [1.54, 1.807) is 7.11 Å². The first-order valence-electron chi connectivity index (χ1n) is 10.9. The Bertz CT molecular complexity index is 1190. The summed E-state index contributed by atoms with van der Waals surface area (Å²) in [4.78, 5) is 0. The highest BCUT2D eigenvalue weighted by Crippen LogP contribution is 2.51. The van der Waals surface area contributed by atoms with Gasteiger partial charge in [-0.1, -0.05) is 15.9 Å². The molecular formula is C26H24Br2N2O3. The SMILES string of the molecule is COc1ccc(C2=NN3C(C2)c2cc(Br)cc(Br)c2OC3c2ccc(OC(C)C)cc2)cc1. The van der Waals surface area contributed by atoms with Crippen molar-refractivity contribution in [2.75, 3.05) is 7.11 Å².